The van der Waals surface area contributed by atoms with Gasteiger partial charge in [0.25, 0.3) is 0 Å². The molecule has 0 bridgehead atoms. The molecule has 0 N–H and O–H groups in total. The minimum Gasteiger partial charge on any atom is -0.383 e. The number of alkyl halides is 4. The molecule has 1 aromatic rings. The Bertz CT molecular complexity index is 563. The summed E-state index contributed by atoms with van der Waals surface area (Å²) in [6.07, 6.45) is -4.60. The molecule has 0 amide bonds. The Morgan fingerprint density at radius 2 is 1.95 bits per heavy atom. The third kappa shape index (κ3) is 4.84. The third-order valence-electron chi connectivity index (χ3n) is 2.68. The smallest absolute Gasteiger partial charge is 0.383 e. The molecule has 0 aliphatic carbocycles. The van der Waals surface area contributed by atoms with Crippen LogP contribution in [0, 0.1) is 0 Å². The summed E-state index contributed by atoms with van der Waals surface area (Å²) in [5.74, 6) is 0.0297. The minimum atomic E-state index is -4.60. The van der Waals surface area contributed by atoms with E-state index in [4.69, 9.17) is 16.3 Å². The van der Waals surface area contributed by atoms with Crippen molar-refractivity contribution >= 4 is 21.6 Å². The zero-order chi connectivity index (χ0) is 16.1. The zero-order valence-corrected chi connectivity index (χ0v) is 12.8. The highest BCUT2D eigenvalue weighted by Gasteiger charge is 2.32. The number of halogens is 4. The second kappa shape index (κ2) is 7.44. The number of ether oxygens (including phenoxy) is 1. The molecule has 4 nitrogen and oxygen atoms in total. The first-order valence-corrected chi connectivity index (χ1v) is 7.93. The van der Waals surface area contributed by atoms with Crippen molar-refractivity contribution < 1.29 is 26.3 Å². The Labute approximate surface area is 126 Å². The molecule has 9 heteroatoms. The fraction of sp³-hybridized carbons (Fsp3) is 0.500. The molecule has 120 valence electrons. The van der Waals surface area contributed by atoms with Crippen LogP contribution in [-0.2, 0) is 20.9 Å². The van der Waals surface area contributed by atoms with Gasteiger partial charge in [0.2, 0.25) is 10.0 Å². The molecule has 1 rings (SSSR count). The molecule has 0 atom stereocenters. The maximum atomic E-state index is 12.7. The maximum absolute atomic E-state index is 12.7. The van der Waals surface area contributed by atoms with Crippen LogP contribution in [0.5, 0.6) is 0 Å². The van der Waals surface area contributed by atoms with E-state index in [0.717, 1.165) is 22.5 Å². The van der Waals surface area contributed by atoms with Crippen molar-refractivity contribution in [3.05, 3.63) is 29.8 Å². The molecular formula is C12H15ClF3NO3S. The summed E-state index contributed by atoms with van der Waals surface area (Å²) in [4.78, 5) is -0.418. The average Bonchev–Trinajstić information content (AvgIpc) is 2.42. The summed E-state index contributed by atoms with van der Waals surface area (Å²) in [6, 6.07) is 3.62. The topological polar surface area (TPSA) is 46.6 Å². The van der Waals surface area contributed by atoms with Crippen molar-refractivity contribution in [1.82, 2.24) is 4.31 Å². The first-order valence-electron chi connectivity index (χ1n) is 5.95. The molecule has 0 saturated heterocycles. The molecule has 0 aliphatic heterocycles. The van der Waals surface area contributed by atoms with Crippen LogP contribution in [-0.4, -0.2) is 45.4 Å². The first kappa shape index (κ1) is 18.2. The number of benzene rings is 1. The lowest BCUT2D eigenvalue weighted by Crippen LogP contribution is -2.35. The van der Waals surface area contributed by atoms with Gasteiger partial charge in [-0.05, 0) is 18.2 Å². The SMILES string of the molecule is COCCN(CCCl)S(=O)(=O)c1cccc(C(F)(F)F)c1. The summed E-state index contributed by atoms with van der Waals surface area (Å²) in [5, 5.41) is 0. The lowest BCUT2D eigenvalue weighted by Gasteiger charge is -2.21. The van der Waals surface area contributed by atoms with Crippen LogP contribution in [0.25, 0.3) is 0 Å². The van der Waals surface area contributed by atoms with Crippen LogP contribution >= 0.6 is 11.6 Å². The van der Waals surface area contributed by atoms with Gasteiger partial charge in [0, 0.05) is 26.1 Å². The summed E-state index contributed by atoms with van der Waals surface area (Å²) in [6.45, 7) is 0.125. The van der Waals surface area contributed by atoms with Crippen LogP contribution in [0.4, 0.5) is 13.2 Å². The van der Waals surface area contributed by atoms with E-state index in [1.54, 1.807) is 0 Å². The molecule has 0 heterocycles. The predicted octanol–water partition coefficient (Wildman–Crippen LogP) is 2.58. The third-order valence-corrected chi connectivity index (χ3v) is 4.74. The van der Waals surface area contributed by atoms with Gasteiger partial charge >= 0.3 is 6.18 Å². The summed E-state index contributed by atoms with van der Waals surface area (Å²) < 4.78 is 68.5. The Kier molecular flexibility index (Phi) is 6.45. The highest BCUT2D eigenvalue weighted by Crippen LogP contribution is 2.31. The molecule has 0 spiro atoms. The van der Waals surface area contributed by atoms with Gasteiger partial charge in [-0.2, -0.15) is 17.5 Å². The lowest BCUT2D eigenvalue weighted by atomic mass is 10.2. The van der Waals surface area contributed by atoms with E-state index < -0.39 is 26.7 Å². The van der Waals surface area contributed by atoms with E-state index >= 15 is 0 Å². The van der Waals surface area contributed by atoms with E-state index in [2.05, 4.69) is 0 Å². The Morgan fingerprint density at radius 3 is 2.48 bits per heavy atom. The van der Waals surface area contributed by atoms with Crippen LogP contribution in [0.15, 0.2) is 29.2 Å². The second-order valence-electron chi connectivity index (χ2n) is 4.11. The highest BCUT2D eigenvalue weighted by molar-refractivity contribution is 7.89. The van der Waals surface area contributed by atoms with Gasteiger partial charge in [-0.25, -0.2) is 8.42 Å². The van der Waals surface area contributed by atoms with E-state index in [1.165, 1.54) is 7.11 Å². The van der Waals surface area contributed by atoms with Crippen molar-refractivity contribution in [2.24, 2.45) is 0 Å². The van der Waals surface area contributed by atoms with E-state index in [-0.39, 0.29) is 25.6 Å². The lowest BCUT2D eigenvalue weighted by molar-refractivity contribution is -0.137. The summed E-state index contributed by atoms with van der Waals surface area (Å²) in [5.41, 5.74) is -1.01. The van der Waals surface area contributed by atoms with Gasteiger partial charge in [0.05, 0.1) is 17.1 Å². The van der Waals surface area contributed by atoms with Crippen molar-refractivity contribution in [3.63, 3.8) is 0 Å². The van der Waals surface area contributed by atoms with Crippen LogP contribution < -0.4 is 0 Å². The minimum absolute atomic E-state index is 0.0104. The van der Waals surface area contributed by atoms with Gasteiger partial charge in [-0.1, -0.05) is 6.07 Å². The molecular weight excluding hydrogens is 331 g/mol. The highest BCUT2D eigenvalue weighted by atomic mass is 35.5. The molecule has 0 aromatic heterocycles. The molecule has 0 fully saturated rings. The average molecular weight is 346 g/mol. The van der Waals surface area contributed by atoms with E-state index in [1.807, 2.05) is 0 Å². The van der Waals surface area contributed by atoms with Crippen molar-refractivity contribution in [2.75, 3.05) is 32.7 Å². The number of hydrogen-bond acceptors (Lipinski definition) is 3. The van der Waals surface area contributed by atoms with Crippen molar-refractivity contribution in [2.45, 2.75) is 11.1 Å². The zero-order valence-electron chi connectivity index (χ0n) is 11.2. The molecule has 0 unspecified atom stereocenters. The van der Waals surface area contributed by atoms with Crippen LogP contribution in [0.2, 0.25) is 0 Å². The molecule has 1 aromatic carbocycles. The molecule has 21 heavy (non-hydrogen) atoms. The Morgan fingerprint density at radius 1 is 1.29 bits per heavy atom. The van der Waals surface area contributed by atoms with Gasteiger partial charge in [-0.3, -0.25) is 0 Å². The number of hydrogen-bond donors (Lipinski definition) is 0. The number of sulfonamides is 1. The summed E-state index contributed by atoms with van der Waals surface area (Å²) in [7, 11) is -2.65. The molecule has 0 aliphatic rings. The van der Waals surface area contributed by atoms with Gasteiger partial charge in [0.15, 0.2) is 0 Å². The number of rotatable bonds is 7. The van der Waals surface area contributed by atoms with Gasteiger partial charge in [-0.15, -0.1) is 11.6 Å². The predicted molar refractivity (Wildman–Crippen MR) is 72.8 cm³/mol. The quantitative estimate of drug-likeness (QED) is 0.714. The largest absolute Gasteiger partial charge is 0.416 e. The van der Waals surface area contributed by atoms with E-state index in [0.29, 0.717) is 6.07 Å². The van der Waals surface area contributed by atoms with Gasteiger partial charge in [0.1, 0.15) is 0 Å². The fourth-order valence-electron chi connectivity index (χ4n) is 1.62. The Balaban J connectivity index is 3.15. The van der Waals surface area contributed by atoms with E-state index in [9.17, 15) is 21.6 Å². The van der Waals surface area contributed by atoms with Crippen molar-refractivity contribution in [1.29, 1.82) is 0 Å². The first-order chi connectivity index (χ1) is 9.73. The normalized spacial score (nSPS) is 12.9. The standard InChI is InChI=1S/C12H15ClF3NO3S/c1-20-8-7-17(6-5-13)21(18,19)11-4-2-3-10(9-11)12(14,15)16/h2-4,9H,5-8H2,1H3. The van der Waals surface area contributed by atoms with Crippen LogP contribution in [0.1, 0.15) is 5.56 Å². The van der Waals surface area contributed by atoms with Crippen LogP contribution in [0.3, 0.4) is 0 Å². The number of methoxy groups -OCH3 is 1. The second-order valence-corrected chi connectivity index (χ2v) is 6.43. The van der Waals surface area contributed by atoms with Gasteiger partial charge < -0.3 is 4.74 Å². The van der Waals surface area contributed by atoms with Crippen molar-refractivity contribution in [3.8, 4) is 0 Å². The monoisotopic (exact) mass is 345 g/mol. The number of nitrogens with zero attached hydrogens (tertiary/aromatic N) is 1. The molecule has 0 radical (unpaired) electrons. The Hall–Kier alpha value is -0.830. The summed E-state index contributed by atoms with van der Waals surface area (Å²) >= 11 is 5.55. The maximum Gasteiger partial charge on any atom is 0.416 e. The molecule has 0 saturated carbocycles. The fourth-order valence-corrected chi connectivity index (χ4v) is 3.40.